The Morgan fingerprint density at radius 2 is 2.20 bits per heavy atom. The van der Waals surface area contributed by atoms with Crippen LogP contribution in [0.5, 0.6) is 0 Å². The largest absolute Gasteiger partial charge is 0.548 e. The predicted molar refractivity (Wildman–Crippen MR) is 56.7 cm³/mol. The van der Waals surface area contributed by atoms with Gasteiger partial charge in [0.25, 0.3) is 0 Å². The molecule has 0 radical (unpaired) electrons. The molecule has 2 aromatic rings. The van der Waals surface area contributed by atoms with E-state index in [9.17, 15) is 9.90 Å². The zero-order valence-corrected chi connectivity index (χ0v) is 8.91. The highest BCUT2D eigenvalue weighted by Gasteiger charge is 2.05. The third-order valence-electron chi connectivity index (χ3n) is 2.36. The first-order chi connectivity index (χ1) is 7.08. The molecule has 0 fully saturated rings. The van der Waals surface area contributed by atoms with Gasteiger partial charge in [0.1, 0.15) is 0 Å². The van der Waals surface area contributed by atoms with E-state index in [2.05, 4.69) is 0 Å². The van der Waals surface area contributed by atoms with Gasteiger partial charge in [0, 0.05) is 21.6 Å². The molecule has 0 aliphatic carbocycles. The van der Waals surface area contributed by atoms with Gasteiger partial charge in [-0.2, -0.15) is 0 Å². The van der Waals surface area contributed by atoms with Crippen molar-refractivity contribution in [1.29, 1.82) is 0 Å². The van der Waals surface area contributed by atoms with Crippen LogP contribution in [0.1, 0.15) is 5.69 Å². The van der Waals surface area contributed by atoms with E-state index in [1.54, 1.807) is 10.6 Å². The lowest BCUT2D eigenvalue weighted by Crippen LogP contribution is -2.27. The van der Waals surface area contributed by atoms with Crippen molar-refractivity contribution in [3.63, 3.8) is 0 Å². The lowest BCUT2D eigenvalue weighted by molar-refractivity contribution is -0.306. The molecule has 0 aliphatic rings. The Balaban J connectivity index is 2.63. The smallest absolute Gasteiger partial charge is 0.0624 e. The second-order valence-electron chi connectivity index (χ2n) is 3.45. The molecule has 0 spiro atoms. The lowest BCUT2D eigenvalue weighted by Gasteiger charge is -2.08. The zero-order valence-electron chi connectivity index (χ0n) is 8.16. The Morgan fingerprint density at radius 1 is 1.47 bits per heavy atom. The van der Waals surface area contributed by atoms with Crippen molar-refractivity contribution in [2.45, 2.75) is 13.5 Å². The maximum absolute atomic E-state index is 10.6. The summed E-state index contributed by atoms with van der Waals surface area (Å²) in [4.78, 5) is 10.6. The average molecular weight is 223 g/mol. The second kappa shape index (κ2) is 3.59. The fraction of sp³-hybridized carbons (Fsp3) is 0.182. The molecule has 2 rings (SSSR count). The molecule has 0 N–H and O–H groups in total. The van der Waals surface area contributed by atoms with Gasteiger partial charge in [-0.1, -0.05) is 11.6 Å². The van der Waals surface area contributed by atoms with Crippen molar-refractivity contribution in [3.8, 4) is 0 Å². The monoisotopic (exact) mass is 222 g/mol. The molecule has 15 heavy (non-hydrogen) atoms. The first-order valence-electron chi connectivity index (χ1n) is 4.53. The molecule has 0 atom stereocenters. The second-order valence-corrected chi connectivity index (χ2v) is 3.88. The fourth-order valence-corrected chi connectivity index (χ4v) is 1.90. The van der Waals surface area contributed by atoms with E-state index in [0.717, 1.165) is 16.6 Å². The van der Waals surface area contributed by atoms with Crippen LogP contribution in [-0.4, -0.2) is 10.5 Å². The van der Waals surface area contributed by atoms with Crippen LogP contribution in [0.2, 0.25) is 5.02 Å². The number of halogens is 1. The number of hydrogen-bond acceptors (Lipinski definition) is 2. The van der Waals surface area contributed by atoms with Crippen LogP contribution >= 0.6 is 11.6 Å². The number of aryl methyl sites for hydroxylation is 1. The minimum absolute atomic E-state index is 0.128. The molecule has 1 heterocycles. The average Bonchev–Trinajstić information content (AvgIpc) is 2.41. The molecule has 3 nitrogen and oxygen atoms in total. The Bertz CT molecular complexity index is 531. The van der Waals surface area contributed by atoms with Gasteiger partial charge in [-0.05, 0) is 31.2 Å². The van der Waals surface area contributed by atoms with Crippen LogP contribution in [0.25, 0.3) is 10.9 Å². The van der Waals surface area contributed by atoms with Gasteiger partial charge in [0.15, 0.2) is 0 Å². The van der Waals surface area contributed by atoms with Gasteiger partial charge < -0.3 is 14.5 Å². The van der Waals surface area contributed by atoms with Crippen molar-refractivity contribution in [1.82, 2.24) is 4.57 Å². The van der Waals surface area contributed by atoms with Gasteiger partial charge in [0.05, 0.1) is 12.5 Å². The number of aliphatic carboxylic acids is 1. The maximum Gasteiger partial charge on any atom is 0.0624 e. The van der Waals surface area contributed by atoms with E-state index in [4.69, 9.17) is 11.6 Å². The van der Waals surface area contributed by atoms with Crippen molar-refractivity contribution >= 4 is 28.5 Å². The van der Waals surface area contributed by atoms with Gasteiger partial charge in [-0.3, -0.25) is 0 Å². The number of carboxylic acid groups (broad SMARTS) is 1. The third-order valence-corrected chi connectivity index (χ3v) is 2.59. The van der Waals surface area contributed by atoms with Gasteiger partial charge in [0.2, 0.25) is 0 Å². The summed E-state index contributed by atoms with van der Waals surface area (Å²) in [6, 6.07) is 7.28. The Morgan fingerprint density at radius 3 is 2.87 bits per heavy atom. The van der Waals surface area contributed by atoms with Crippen molar-refractivity contribution in [2.75, 3.05) is 0 Å². The summed E-state index contributed by atoms with van der Waals surface area (Å²) in [6.45, 7) is 1.73. The first kappa shape index (κ1) is 10.1. The molecule has 0 saturated heterocycles. The Labute approximate surface area is 91.9 Å². The normalized spacial score (nSPS) is 10.8. The first-order valence-corrected chi connectivity index (χ1v) is 4.91. The molecule has 78 valence electrons. The standard InChI is InChI=1S/C11H10ClNO2/c1-7-4-8-5-9(12)2-3-10(8)13(7)6-11(14)15/h2-5H,6H2,1H3,(H,14,15)/p-1. The van der Waals surface area contributed by atoms with Crippen LogP contribution in [0.3, 0.4) is 0 Å². The van der Waals surface area contributed by atoms with Crippen molar-refractivity contribution < 1.29 is 9.90 Å². The van der Waals surface area contributed by atoms with E-state index in [0.29, 0.717) is 5.02 Å². The highest BCUT2D eigenvalue weighted by atomic mass is 35.5. The minimum Gasteiger partial charge on any atom is -0.548 e. The van der Waals surface area contributed by atoms with Crippen LogP contribution in [0.15, 0.2) is 24.3 Å². The summed E-state index contributed by atoms with van der Waals surface area (Å²) in [5.74, 6) is -1.09. The number of benzene rings is 1. The minimum atomic E-state index is -1.09. The molecule has 0 aliphatic heterocycles. The van der Waals surface area contributed by atoms with E-state index in [1.807, 2.05) is 25.1 Å². The van der Waals surface area contributed by atoms with E-state index >= 15 is 0 Å². The highest BCUT2D eigenvalue weighted by Crippen LogP contribution is 2.22. The number of carboxylic acids is 1. The van der Waals surface area contributed by atoms with Crippen LogP contribution in [0, 0.1) is 6.92 Å². The molecule has 4 heteroatoms. The number of aromatic nitrogens is 1. The summed E-state index contributed by atoms with van der Waals surface area (Å²) in [7, 11) is 0. The fourth-order valence-electron chi connectivity index (χ4n) is 1.72. The van der Waals surface area contributed by atoms with Crippen molar-refractivity contribution in [2.24, 2.45) is 0 Å². The van der Waals surface area contributed by atoms with Crippen LogP contribution in [-0.2, 0) is 11.3 Å². The molecule has 0 unspecified atom stereocenters. The third kappa shape index (κ3) is 1.83. The predicted octanol–water partition coefficient (Wildman–Crippen LogP) is 1.35. The summed E-state index contributed by atoms with van der Waals surface area (Å²) in [5.41, 5.74) is 1.75. The summed E-state index contributed by atoms with van der Waals surface area (Å²) < 4.78 is 1.70. The molecule has 1 aromatic carbocycles. The molecular formula is C11H9ClNO2-. The number of rotatable bonds is 2. The molecule has 0 saturated carbocycles. The van der Waals surface area contributed by atoms with E-state index in [-0.39, 0.29) is 6.54 Å². The Kier molecular flexibility index (Phi) is 2.40. The number of carbonyl (C=O) groups is 1. The molecule has 0 amide bonds. The van der Waals surface area contributed by atoms with Crippen LogP contribution < -0.4 is 5.11 Å². The molecule has 1 aromatic heterocycles. The highest BCUT2D eigenvalue weighted by molar-refractivity contribution is 6.31. The Hall–Kier alpha value is -1.48. The number of hydrogen-bond donors (Lipinski definition) is 0. The quantitative estimate of drug-likeness (QED) is 0.770. The van der Waals surface area contributed by atoms with Gasteiger partial charge >= 0.3 is 0 Å². The summed E-state index contributed by atoms with van der Waals surface area (Å²) in [6.07, 6.45) is 0. The topological polar surface area (TPSA) is 45.1 Å². The summed E-state index contributed by atoms with van der Waals surface area (Å²) in [5, 5.41) is 12.2. The van der Waals surface area contributed by atoms with Crippen molar-refractivity contribution in [3.05, 3.63) is 35.0 Å². The molecular weight excluding hydrogens is 214 g/mol. The van der Waals surface area contributed by atoms with E-state index < -0.39 is 5.97 Å². The maximum atomic E-state index is 10.6. The SMILES string of the molecule is Cc1cc2cc(Cl)ccc2n1CC(=O)[O-]. The van der Waals surface area contributed by atoms with Gasteiger partial charge in [-0.15, -0.1) is 0 Å². The van der Waals surface area contributed by atoms with Gasteiger partial charge in [-0.25, -0.2) is 0 Å². The molecule has 0 bridgehead atoms. The number of fused-ring (bicyclic) bond motifs is 1. The van der Waals surface area contributed by atoms with Crippen LogP contribution in [0.4, 0.5) is 0 Å². The summed E-state index contributed by atoms with van der Waals surface area (Å²) >= 11 is 5.85. The number of nitrogens with zero attached hydrogens (tertiary/aromatic N) is 1. The van der Waals surface area contributed by atoms with E-state index in [1.165, 1.54) is 0 Å². The zero-order chi connectivity index (χ0) is 11.0. The lowest BCUT2D eigenvalue weighted by atomic mass is 10.2. The number of carbonyl (C=O) groups excluding carboxylic acids is 1.